The molecule has 1 amide bonds. The molecule has 1 aromatic carbocycles. The highest BCUT2D eigenvalue weighted by Gasteiger charge is 2.31. The van der Waals surface area contributed by atoms with E-state index in [2.05, 4.69) is 12.2 Å². The Kier molecular flexibility index (Phi) is 6.11. The van der Waals surface area contributed by atoms with E-state index < -0.39 is 33.1 Å². The van der Waals surface area contributed by atoms with Crippen LogP contribution >= 0.6 is 11.3 Å². The van der Waals surface area contributed by atoms with Crippen LogP contribution in [0.4, 0.5) is 16.4 Å². The summed E-state index contributed by atoms with van der Waals surface area (Å²) in [6.07, 6.45) is 2.34. The highest BCUT2D eigenvalue weighted by atomic mass is 32.1. The van der Waals surface area contributed by atoms with Gasteiger partial charge >= 0.3 is 5.97 Å². The Bertz CT molecular complexity index is 1050. The van der Waals surface area contributed by atoms with Crippen LogP contribution in [0.5, 0.6) is 0 Å². The van der Waals surface area contributed by atoms with E-state index in [0.717, 1.165) is 41.5 Å². The topological polar surface area (TPSA) is 142 Å². The fraction of sp³-hybridized carbons (Fsp3) is 0.368. The van der Waals surface area contributed by atoms with Crippen LogP contribution in [0.2, 0.25) is 0 Å². The number of hydrogen-bond acceptors (Lipinski definition) is 8. The van der Waals surface area contributed by atoms with E-state index in [0.29, 0.717) is 12.3 Å². The van der Waals surface area contributed by atoms with E-state index in [9.17, 15) is 29.8 Å². The van der Waals surface area contributed by atoms with E-state index in [-0.39, 0.29) is 22.7 Å². The molecule has 0 fully saturated rings. The summed E-state index contributed by atoms with van der Waals surface area (Å²) >= 11 is 1.25. The molecule has 1 heterocycles. The normalized spacial score (nSPS) is 15.2. The Morgan fingerprint density at radius 2 is 2.00 bits per heavy atom. The van der Waals surface area contributed by atoms with Crippen molar-refractivity contribution in [3.05, 3.63) is 60.0 Å². The molecule has 10 nitrogen and oxygen atoms in total. The molecule has 0 radical (unpaired) electrons. The molecule has 2 aromatic rings. The summed E-state index contributed by atoms with van der Waals surface area (Å²) in [6, 6.07) is 2.79. The molecule has 0 saturated heterocycles. The number of non-ortho nitro benzene ring substituents is 1. The van der Waals surface area contributed by atoms with Crippen LogP contribution < -0.4 is 5.32 Å². The largest absolute Gasteiger partial charge is 0.462 e. The highest BCUT2D eigenvalue weighted by Crippen LogP contribution is 2.40. The Hall–Kier alpha value is -3.34. The fourth-order valence-electron chi connectivity index (χ4n) is 3.41. The van der Waals surface area contributed by atoms with Gasteiger partial charge in [0.05, 0.1) is 28.1 Å². The molecule has 3 rings (SSSR count). The van der Waals surface area contributed by atoms with Gasteiger partial charge in [-0.05, 0) is 43.7 Å². The molecule has 158 valence electrons. The lowest BCUT2D eigenvalue weighted by molar-refractivity contribution is -0.394. The Labute approximate surface area is 175 Å². The lowest BCUT2D eigenvalue weighted by atomic mass is 9.88. The number of thiophene rings is 1. The molecular formula is C19H19N3O7S. The molecule has 0 saturated carbocycles. The van der Waals surface area contributed by atoms with Crippen LogP contribution in [-0.4, -0.2) is 28.3 Å². The number of fused-ring (bicyclic) bond motifs is 1. The predicted molar refractivity (Wildman–Crippen MR) is 109 cm³/mol. The SMILES string of the molecule is CCOC(=O)c1c(NC(=O)c2ccc([N+](=O)[O-])cc2[N+](=O)[O-])sc2c1CC[C@@H](C)C2. The minimum atomic E-state index is -0.852. The number of ether oxygens (including phenoxy) is 1. The third kappa shape index (κ3) is 4.15. The summed E-state index contributed by atoms with van der Waals surface area (Å²) in [5, 5.41) is 25.1. The Balaban J connectivity index is 2.00. The highest BCUT2D eigenvalue weighted by molar-refractivity contribution is 7.17. The van der Waals surface area contributed by atoms with Crippen molar-refractivity contribution in [1.29, 1.82) is 0 Å². The second-order valence-electron chi connectivity index (χ2n) is 6.95. The molecule has 1 atom stereocenters. The third-order valence-corrected chi connectivity index (χ3v) is 6.02. The number of anilines is 1. The van der Waals surface area contributed by atoms with Gasteiger partial charge in [-0.25, -0.2) is 4.79 Å². The van der Waals surface area contributed by atoms with Gasteiger partial charge in [0, 0.05) is 10.9 Å². The van der Waals surface area contributed by atoms with Crippen molar-refractivity contribution in [1.82, 2.24) is 0 Å². The second kappa shape index (κ2) is 8.57. The van der Waals surface area contributed by atoms with Crippen molar-refractivity contribution in [2.45, 2.75) is 33.1 Å². The molecule has 0 aliphatic heterocycles. The van der Waals surface area contributed by atoms with Crippen LogP contribution in [-0.2, 0) is 17.6 Å². The molecule has 0 spiro atoms. The average molecular weight is 433 g/mol. The van der Waals surface area contributed by atoms with Crippen molar-refractivity contribution in [3.63, 3.8) is 0 Å². The number of rotatable bonds is 6. The van der Waals surface area contributed by atoms with Crippen LogP contribution in [0.3, 0.4) is 0 Å². The van der Waals surface area contributed by atoms with E-state index in [1.54, 1.807) is 6.92 Å². The zero-order chi connectivity index (χ0) is 22.0. The van der Waals surface area contributed by atoms with Gasteiger partial charge in [0.1, 0.15) is 10.6 Å². The molecule has 1 aliphatic rings. The lowest BCUT2D eigenvalue weighted by Gasteiger charge is -2.18. The number of benzene rings is 1. The van der Waals surface area contributed by atoms with Gasteiger partial charge < -0.3 is 10.1 Å². The number of carbonyl (C=O) groups excluding carboxylic acids is 2. The standard InChI is InChI=1S/C19H19N3O7S/c1-3-29-19(24)16-13-6-4-10(2)8-15(13)30-18(16)20-17(23)12-7-5-11(21(25)26)9-14(12)22(27)28/h5,7,9-10H,3-4,6,8H2,1-2H3,(H,20,23)/t10-/m1/s1. The maximum Gasteiger partial charge on any atom is 0.341 e. The minimum Gasteiger partial charge on any atom is -0.462 e. The molecular weight excluding hydrogens is 414 g/mol. The fourth-order valence-corrected chi connectivity index (χ4v) is 4.80. The number of carbonyl (C=O) groups is 2. The maximum absolute atomic E-state index is 12.8. The van der Waals surface area contributed by atoms with Crippen molar-refractivity contribution in [2.24, 2.45) is 5.92 Å². The first-order valence-electron chi connectivity index (χ1n) is 9.28. The van der Waals surface area contributed by atoms with Gasteiger partial charge in [-0.15, -0.1) is 11.3 Å². The number of nitro groups is 2. The predicted octanol–water partition coefficient (Wildman–Crippen LogP) is 4.12. The maximum atomic E-state index is 12.8. The monoisotopic (exact) mass is 433 g/mol. The van der Waals surface area contributed by atoms with Gasteiger partial charge in [0.15, 0.2) is 0 Å². The van der Waals surface area contributed by atoms with Crippen molar-refractivity contribution < 1.29 is 24.2 Å². The van der Waals surface area contributed by atoms with Crippen LogP contribution in [0.15, 0.2) is 18.2 Å². The van der Waals surface area contributed by atoms with Crippen molar-refractivity contribution in [3.8, 4) is 0 Å². The number of amides is 1. The lowest BCUT2D eigenvalue weighted by Crippen LogP contribution is -2.17. The first-order valence-corrected chi connectivity index (χ1v) is 10.1. The van der Waals surface area contributed by atoms with Gasteiger partial charge in [0.25, 0.3) is 17.3 Å². The summed E-state index contributed by atoms with van der Waals surface area (Å²) < 4.78 is 5.14. The van der Waals surface area contributed by atoms with Crippen LogP contribution in [0, 0.1) is 26.1 Å². The first-order chi connectivity index (χ1) is 14.2. The molecule has 1 N–H and O–H groups in total. The third-order valence-electron chi connectivity index (χ3n) is 4.85. The zero-order valence-corrected chi connectivity index (χ0v) is 17.1. The smallest absolute Gasteiger partial charge is 0.341 e. The van der Waals surface area contributed by atoms with Crippen LogP contribution in [0.1, 0.15) is 51.4 Å². The molecule has 1 aliphatic carbocycles. The Morgan fingerprint density at radius 3 is 2.63 bits per heavy atom. The quantitative estimate of drug-likeness (QED) is 0.410. The van der Waals surface area contributed by atoms with Gasteiger partial charge in [0.2, 0.25) is 0 Å². The van der Waals surface area contributed by atoms with Crippen molar-refractivity contribution in [2.75, 3.05) is 11.9 Å². The average Bonchev–Trinajstić information content (AvgIpc) is 3.04. The van der Waals surface area contributed by atoms with Crippen molar-refractivity contribution >= 4 is 39.6 Å². The van der Waals surface area contributed by atoms with E-state index in [1.807, 2.05) is 0 Å². The van der Waals surface area contributed by atoms with Crippen LogP contribution in [0.25, 0.3) is 0 Å². The molecule has 0 bridgehead atoms. The summed E-state index contributed by atoms with van der Waals surface area (Å²) in [5.74, 6) is -0.947. The molecule has 30 heavy (non-hydrogen) atoms. The van der Waals surface area contributed by atoms with E-state index >= 15 is 0 Å². The number of hydrogen-bond donors (Lipinski definition) is 1. The van der Waals surface area contributed by atoms with Gasteiger partial charge in [-0.2, -0.15) is 0 Å². The summed E-state index contributed by atoms with van der Waals surface area (Å²) in [6.45, 7) is 3.95. The Morgan fingerprint density at radius 1 is 1.27 bits per heavy atom. The van der Waals surface area contributed by atoms with Gasteiger partial charge in [-0.1, -0.05) is 6.92 Å². The summed E-state index contributed by atoms with van der Waals surface area (Å²) in [7, 11) is 0. The summed E-state index contributed by atoms with van der Waals surface area (Å²) in [5.41, 5.74) is -0.396. The molecule has 1 aromatic heterocycles. The zero-order valence-electron chi connectivity index (χ0n) is 16.3. The number of nitro benzene ring substituents is 2. The molecule has 0 unspecified atom stereocenters. The minimum absolute atomic E-state index is 0.168. The summed E-state index contributed by atoms with van der Waals surface area (Å²) in [4.78, 5) is 46.9. The van der Waals surface area contributed by atoms with E-state index in [4.69, 9.17) is 4.74 Å². The van der Waals surface area contributed by atoms with E-state index in [1.165, 1.54) is 11.3 Å². The molecule has 11 heteroatoms. The number of nitrogens with one attached hydrogen (secondary N) is 1. The van der Waals surface area contributed by atoms with Gasteiger partial charge in [-0.3, -0.25) is 25.0 Å². The first kappa shape index (κ1) is 21.4. The number of nitrogens with zero attached hydrogens (tertiary/aromatic N) is 2. The second-order valence-corrected chi connectivity index (χ2v) is 8.05. The number of esters is 1.